The summed E-state index contributed by atoms with van der Waals surface area (Å²) >= 11 is 0. The highest BCUT2D eigenvalue weighted by atomic mass is 32.2. The lowest BCUT2D eigenvalue weighted by Gasteiger charge is -2.16. The number of carbonyl (C=O) groups excluding carboxylic acids is 1. The normalized spacial score (nSPS) is 12.6. The third-order valence-electron chi connectivity index (χ3n) is 1.49. The standard InChI is InChI=1S/C9H19NO3S/c1-9(2,3)7-8(11)10-5-6-14(4,12)13/h5-7H2,1-4H3,(H,10,11). The zero-order chi connectivity index (χ0) is 11.4. The highest BCUT2D eigenvalue weighted by Gasteiger charge is 2.15. The monoisotopic (exact) mass is 221 g/mol. The first-order chi connectivity index (χ1) is 6.10. The topological polar surface area (TPSA) is 63.2 Å². The van der Waals surface area contributed by atoms with Gasteiger partial charge in [-0.25, -0.2) is 8.42 Å². The second kappa shape index (κ2) is 4.77. The number of nitrogens with one attached hydrogen (secondary N) is 1. The summed E-state index contributed by atoms with van der Waals surface area (Å²) in [7, 11) is -2.98. The largest absolute Gasteiger partial charge is 0.355 e. The molecule has 0 atom stereocenters. The maximum Gasteiger partial charge on any atom is 0.220 e. The molecule has 0 saturated carbocycles. The maximum absolute atomic E-state index is 11.2. The van der Waals surface area contributed by atoms with E-state index in [1.54, 1.807) is 0 Å². The van der Waals surface area contributed by atoms with E-state index in [2.05, 4.69) is 5.32 Å². The fourth-order valence-electron chi connectivity index (χ4n) is 0.920. The first-order valence-electron chi connectivity index (χ1n) is 4.55. The second-order valence-electron chi connectivity index (χ2n) is 4.72. The molecule has 0 aromatic rings. The third-order valence-corrected chi connectivity index (χ3v) is 2.43. The van der Waals surface area contributed by atoms with Gasteiger partial charge >= 0.3 is 0 Å². The van der Waals surface area contributed by atoms with Gasteiger partial charge in [-0.3, -0.25) is 4.79 Å². The quantitative estimate of drug-likeness (QED) is 0.755. The molecular formula is C9H19NO3S. The summed E-state index contributed by atoms with van der Waals surface area (Å²) in [5.74, 6) is -0.0933. The molecular weight excluding hydrogens is 202 g/mol. The van der Waals surface area contributed by atoms with Gasteiger partial charge in [-0.2, -0.15) is 0 Å². The minimum absolute atomic E-state index is 0.00286. The van der Waals surface area contributed by atoms with E-state index < -0.39 is 9.84 Å². The van der Waals surface area contributed by atoms with Crippen molar-refractivity contribution in [1.29, 1.82) is 0 Å². The van der Waals surface area contributed by atoms with Crippen LogP contribution in [0.1, 0.15) is 27.2 Å². The lowest BCUT2D eigenvalue weighted by Crippen LogP contribution is -2.31. The molecule has 5 heteroatoms. The smallest absolute Gasteiger partial charge is 0.220 e. The minimum Gasteiger partial charge on any atom is -0.355 e. The molecule has 0 aromatic heterocycles. The van der Waals surface area contributed by atoms with Crippen molar-refractivity contribution in [3.05, 3.63) is 0 Å². The highest BCUT2D eigenvalue weighted by Crippen LogP contribution is 2.17. The van der Waals surface area contributed by atoms with Crippen molar-refractivity contribution >= 4 is 15.7 Å². The Balaban J connectivity index is 3.77. The highest BCUT2D eigenvalue weighted by molar-refractivity contribution is 7.90. The molecule has 84 valence electrons. The zero-order valence-electron chi connectivity index (χ0n) is 9.25. The van der Waals surface area contributed by atoms with Gasteiger partial charge in [0.25, 0.3) is 0 Å². The van der Waals surface area contributed by atoms with E-state index in [9.17, 15) is 13.2 Å². The molecule has 1 N–H and O–H groups in total. The average Bonchev–Trinajstić information content (AvgIpc) is 1.78. The van der Waals surface area contributed by atoms with Crippen LogP contribution in [0.4, 0.5) is 0 Å². The van der Waals surface area contributed by atoms with Crippen molar-refractivity contribution in [1.82, 2.24) is 5.32 Å². The summed E-state index contributed by atoms with van der Waals surface area (Å²) in [4.78, 5) is 11.2. The van der Waals surface area contributed by atoms with Crippen molar-refractivity contribution in [3.63, 3.8) is 0 Å². The number of carbonyl (C=O) groups is 1. The summed E-state index contributed by atoms with van der Waals surface area (Å²) in [6.07, 6.45) is 1.57. The fraction of sp³-hybridized carbons (Fsp3) is 0.889. The van der Waals surface area contributed by atoms with E-state index in [4.69, 9.17) is 0 Å². The number of amides is 1. The molecule has 0 aliphatic carbocycles. The summed E-state index contributed by atoms with van der Waals surface area (Å²) in [5.41, 5.74) is -0.0603. The van der Waals surface area contributed by atoms with Gasteiger partial charge in [-0.05, 0) is 5.41 Å². The third kappa shape index (κ3) is 9.51. The van der Waals surface area contributed by atoms with Crippen LogP contribution in [-0.2, 0) is 14.6 Å². The van der Waals surface area contributed by atoms with Gasteiger partial charge in [0.1, 0.15) is 9.84 Å². The van der Waals surface area contributed by atoms with Crippen molar-refractivity contribution in [2.24, 2.45) is 5.41 Å². The SMILES string of the molecule is CC(C)(C)CC(=O)NCCS(C)(=O)=O. The molecule has 0 saturated heterocycles. The number of sulfone groups is 1. The van der Waals surface area contributed by atoms with Crippen LogP contribution >= 0.6 is 0 Å². The summed E-state index contributed by atoms with van der Waals surface area (Å²) in [6.45, 7) is 6.09. The second-order valence-corrected chi connectivity index (χ2v) is 6.98. The first-order valence-corrected chi connectivity index (χ1v) is 6.61. The minimum atomic E-state index is -2.98. The Morgan fingerprint density at radius 2 is 1.79 bits per heavy atom. The van der Waals surface area contributed by atoms with Crippen LogP contribution < -0.4 is 5.32 Å². The molecule has 0 spiro atoms. The van der Waals surface area contributed by atoms with E-state index in [-0.39, 0.29) is 23.6 Å². The van der Waals surface area contributed by atoms with Crippen LogP contribution in [0.2, 0.25) is 0 Å². The Morgan fingerprint density at radius 1 is 1.29 bits per heavy atom. The molecule has 4 nitrogen and oxygen atoms in total. The van der Waals surface area contributed by atoms with E-state index in [0.717, 1.165) is 6.26 Å². The van der Waals surface area contributed by atoms with E-state index in [1.807, 2.05) is 20.8 Å². The number of hydrogen-bond donors (Lipinski definition) is 1. The average molecular weight is 221 g/mol. The lowest BCUT2D eigenvalue weighted by molar-refractivity contribution is -0.122. The van der Waals surface area contributed by atoms with Crippen LogP contribution in [0, 0.1) is 5.41 Å². The predicted molar refractivity (Wildman–Crippen MR) is 56.8 cm³/mol. The Labute approximate surface area is 86.0 Å². The van der Waals surface area contributed by atoms with Crippen LogP contribution in [-0.4, -0.2) is 32.9 Å². The molecule has 0 radical (unpaired) electrons. The predicted octanol–water partition coefficient (Wildman–Crippen LogP) is 0.583. The molecule has 0 unspecified atom stereocenters. The van der Waals surface area contributed by atoms with Gasteiger partial charge < -0.3 is 5.32 Å². The van der Waals surface area contributed by atoms with Crippen LogP contribution in [0.3, 0.4) is 0 Å². The van der Waals surface area contributed by atoms with Gasteiger partial charge in [0.15, 0.2) is 0 Å². The molecule has 0 rings (SSSR count). The molecule has 0 aliphatic rings. The number of hydrogen-bond acceptors (Lipinski definition) is 3. The Morgan fingerprint density at radius 3 is 2.14 bits per heavy atom. The first kappa shape index (κ1) is 13.4. The van der Waals surface area contributed by atoms with E-state index in [1.165, 1.54) is 0 Å². The molecule has 0 aromatic carbocycles. The number of rotatable bonds is 4. The van der Waals surface area contributed by atoms with Gasteiger partial charge in [0.05, 0.1) is 5.75 Å². The molecule has 0 aliphatic heterocycles. The van der Waals surface area contributed by atoms with Gasteiger partial charge in [-0.1, -0.05) is 20.8 Å². The Hall–Kier alpha value is -0.580. The van der Waals surface area contributed by atoms with Crippen LogP contribution in [0.25, 0.3) is 0 Å². The Kier molecular flexibility index (Phi) is 4.58. The van der Waals surface area contributed by atoms with E-state index >= 15 is 0 Å². The van der Waals surface area contributed by atoms with Crippen molar-refractivity contribution in [3.8, 4) is 0 Å². The molecule has 0 fully saturated rings. The van der Waals surface area contributed by atoms with Crippen molar-refractivity contribution < 1.29 is 13.2 Å². The molecule has 0 bridgehead atoms. The lowest BCUT2D eigenvalue weighted by atomic mass is 9.92. The van der Waals surface area contributed by atoms with Crippen LogP contribution in [0.15, 0.2) is 0 Å². The summed E-state index contributed by atoms with van der Waals surface area (Å²) < 4.78 is 21.5. The fourth-order valence-corrected chi connectivity index (χ4v) is 1.39. The van der Waals surface area contributed by atoms with Gasteiger partial charge in [0, 0.05) is 19.2 Å². The molecule has 0 heterocycles. The molecule has 1 amide bonds. The Bertz CT molecular complexity index is 288. The van der Waals surface area contributed by atoms with Gasteiger partial charge in [0.2, 0.25) is 5.91 Å². The van der Waals surface area contributed by atoms with E-state index in [0.29, 0.717) is 6.42 Å². The zero-order valence-corrected chi connectivity index (χ0v) is 10.1. The maximum atomic E-state index is 11.2. The van der Waals surface area contributed by atoms with Crippen molar-refractivity contribution in [2.75, 3.05) is 18.6 Å². The molecule has 14 heavy (non-hydrogen) atoms. The van der Waals surface area contributed by atoms with Gasteiger partial charge in [-0.15, -0.1) is 0 Å². The summed E-state index contributed by atoms with van der Waals surface area (Å²) in [6, 6.07) is 0. The summed E-state index contributed by atoms with van der Waals surface area (Å²) in [5, 5.41) is 2.58. The van der Waals surface area contributed by atoms with Crippen LogP contribution in [0.5, 0.6) is 0 Å². The van der Waals surface area contributed by atoms with Crippen molar-refractivity contribution in [2.45, 2.75) is 27.2 Å².